The van der Waals surface area contributed by atoms with Crippen LogP contribution in [0.3, 0.4) is 0 Å². The largest absolute Gasteiger partial charge is 0.372 e. The molecule has 2 aliphatic rings. The Kier molecular flexibility index (Phi) is 3.87. The van der Waals surface area contributed by atoms with Crippen LogP contribution in [0.15, 0.2) is 0 Å². The monoisotopic (exact) mass is 318 g/mol. The van der Waals surface area contributed by atoms with E-state index in [1.54, 1.807) is 0 Å². The number of hydrogen-bond donors (Lipinski definition) is 1. The number of nitrogens with one attached hydrogen (secondary N) is 1. The Morgan fingerprint density at radius 2 is 1.83 bits per heavy atom. The van der Waals surface area contributed by atoms with Crippen LogP contribution in [-0.4, -0.2) is 46.9 Å². The van der Waals surface area contributed by atoms with Crippen LogP contribution in [0.4, 0.5) is 0 Å². The van der Waals surface area contributed by atoms with Gasteiger partial charge in [-0.15, -0.1) is 0 Å². The summed E-state index contributed by atoms with van der Waals surface area (Å²) in [6, 6.07) is 0. The molecule has 1 aliphatic heterocycles. The molecule has 1 aromatic heterocycles. The molecule has 1 saturated heterocycles. The fourth-order valence-electron chi connectivity index (χ4n) is 3.95. The zero-order chi connectivity index (χ0) is 16.9. The quantitative estimate of drug-likeness (QED) is 0.866. The fourth-order valence-corrected chi connectivity index (χ4v) is 3.95. The number of carbonyl (C=O) groups is 2. The first-order valence-corrected chi connectivity index (χ1v) is 8.37. The third-order valence-corrected chi connectivity index (χ3v) is 4.82. The van der Waals surface area contributed by atoms with Crippen LogP contribution in [0.25, 0.3) is 0 Å². The molecule has 126 valence electrons. The highest BCUT2D eigenvalue weighted by Crippen LogP contribution is 2.37. The van der Waals surface area contributed by atoms with Crippen molar-refractivity contribution in [3.05, 3.63) is 22.5 Å². The number of ketones is 1. The second-order valence-corrected chi connectivity index (χ2v) is 7.89. The molecule has 2 atom stereocenters. The molecule has 5 heteroatoms. The molecule has 1 amide bonds. The molecule has 1 aromatic rings. The molecule has 0 spiro atoms. The standard InChI is InChI=1S/C18H26N2O3/c1-10-8-20(9-11(2)23-10)17(22)16-12(3)15-13(19-16)6-18(4,5)7-14(15)21/h10-11,19H,6-9H2,1-5H3/t10-,11-/m1/s1. The van der Waals surface area contributed by atoms with Gasteiger partial charge in [0.1, 0.15) is 5.69 Å². The van der Waals surface area contributed by atoms with Gasteiger partial charge in [-0.1, -0.05) is 13.8 Å². The fraction of sp³-hybridized carbons (Fsp3) is 0.667. The van der Waals surface area contributed by atoms with E-state index in [0.717, 1.165) is 23.2 Å². The van der Waals surface area contributed by atoms with Crippen molar-refractivity contribution in [2.24, 2.45) is 5.41 Å². The first kappa shape index (κ1) is 16.2. The van der Waals surface area contributed by atoms with Crippen molar-refractivity contribution in [2.45, 2.75) is 59.7 Å². The highest BCUT2D eigenvalue weighted by atomic mass is 16.5. The third kappa shape index (κ3) is 2.94. The van der Waals surface area contributed by atoms with Gasteiger partial charge in [0, 0.05) is 30.8 Å². The lowest BCUT2D eigenvalue weighted by Crippen LogP contribution is -2.48. The van der Waals surface area contributed by atoms with Crippen molar-refractivity contribution >= 4 is 11.7 Å². The summed E-state index contributed by atoms with van der Waals surface area (Å²) in [5.41, 5.74) is 2.98. The smallest absolute Gasteiger partial charge is 0.270 e. The first-order chi connectivity index (χ1) is 10.7. The molecule has 3 rings (SSSR count). The van der Waals surface area contributed by atoms with E-state index in [1.807, 2.05) is 25.7 Å². The number of nitrogens with zero attached hydrogens (tertiary/aromatic N) is 1. The zero-order valence-corrected chi connectivity index (χ0v) is 14.7. The van der Waals surface area contributed by atoms with E-state index in [9.17, 15) is 9.59 Å². The number of morpholine rings is 1. The number of aromatic nitrogens is 1. The van der Waals surface area contributed by atoms with Gasteiger partial charge < -0.3 is 14.6 Å². The predicted molar refractivity (Wildman–Crippen MR) is 87.9 cm³/mol. The van der Waals surface area contributed by atoms with Crippen LogP contribution in [0.1, 0.15) is 66.2 Å². The van der Waals surface area contributed by atoms with Crippen molar-refractivity contribution in [2.75, 3.05) is 13.1 Å². The maximum absolute atomic E-state index is 12.9. The second-order valence-electron chi connectivity index (χ2n) is 7.89. The summed E-state index contributed by atoms with van der Waals surface area (Å²) in [5, 5.41) is 0. The van der Waals surface area contributed by atoms with Crippen LogP contribution in [0.5, 0.6) is 0 Å². The van der Waals surface area contributed by atoms with E-state index < -0.39 is 0 Å². The van der Waals surface area contributed by atoms with Crippen LogP contribution < -0.4 is 0 Å². The van der Waals surface area contributed by atoms with Crippen molar-refractivity contribution in [3.63, 3.8) is 0 Å². The van der Waals surface area contributed by atoms with Crippen molar-refractivity contribution in [1.29, 1.82) is 0 Å². The number of ether oxygens (including phenoxy) is 1. The van der Waals surface area contributed by atoms with Gasteiger partial charge in [-0.25, -0.2) is 0 Å². The molecule has 1 N–H and O–H groups in total. The Morgan fingerprint density at radius 1 is 1.22 bits per heavy atom. The lowest BCUT2D eigenvalue weighted by molar-refractivity contribution is -0.0587. The second kappa shape index (κ2) is 5.48. The number of Topliss-reactive ketones (excluding diaryl/α,β-unsaturated/α-hetero) is 1. The molecule has 5 nitrogen and oxygen atoms in total. The zero-order valence-electron chi connectivity index (χ0n) is 14.7. The average molecular weight is 318 g/mol. The molecule has 2 heterocycles. The van der Waals surface area contributed by atoms with Crippen molar-refractivity contribution in [1.82, 2.24) is 9.88 Å². The van der Waals surface area contributed by atoms with Gasteiger partial charge in [0.25, 0.3) is 5.91 Å². The highest BCUT2D eigenvalue weighted by Gasteiger charge is 2.36. The summed E-state index contributed by atoms with van der Waals surface area (Å²) in [4.78, 5) is 30.5. The number of amides is 1. The molecular formula is C18H26N2O3. The van der Waals surface area contributed by atoms with E-state index in [-0.39, 0.29) is 29.3 Å². The first-order valence-electron chi connectivity index (χ1n) is 8.37. The Hall–Kier alpha value is -1.62. The minimum atomic E-state index is -0.0519. The number of carbonyl (C=O) groups excluding carboxylic acids is 2. The lowest BCUT2D eigenvalue weighted by atomic mass is 9.75. The van der Waals surface area contributed by atoms with E-state index in [4.69, 9.17) is 4.74 Å². The Bertz CT molecular complexity index is 649. The number of fused-ring (bicyclic) bond motifs is 1. The normalized spacial score (nSPS) is 27.0. The Balaban J connectivity index is 1.93. The number of rotatable bonds is 1. The van der Waals surface area contributed by atoms with Crippen molar-refractivity contribution in [3.8, 4) is 0 Å². The molecule has 0 aromatic carbocycles. The summed E-state index contributed by atoms with van der Waals surface area (Å²) in [7, 11) is 0. The van der Waals surface area contributed by atoms with Gasteiger partial charge in [0.15, 0.2) is 5.78 Å². The molecule has 1 aliphatic carbocycles. The van der Waals surface area contributed by atoms with Crippen LogP contribution in [0, 0.1) is 12.3 Å². The summed E-state index contributed by atoms with van der Waals surface area (Å²) in [6.07, 6.45) is 1.41. The maximum Gasteiger partial charge on any atom is 0.270 e. The highest BCUT2D eigenvalue weighted by molar-refractivity contribution is 6.04. The molecule has 23 heavy (non-hydrogen) atoms. The van der Waals surface area contributed by atoms with Crippen LogP contribution >= 0.6 is 0 Å². The van der Waals surface area contributed by atoms with Crippen molar-refractivity contribution < 1.29 is 14.3 Å². The molecule has 0 radical (unpaired) electrons. The topological polar surface area (TPSA) is 62.4 Å². The Morgan fingerprint density at radius 3 is 2.43 bits per heavy atom. The summed E-state index contributed by atoms with van der Waals surface area (Å²) < 4.78 is 5.70. The van der Waals surface area contributed by atoms with E-state index in [2.05, 4.69) is 18.8 Å². The van der Waals surface area contributed by atoms with E-state index >= 15 is 0 Å². The molecule has 0 unspecified atom stereocenters. The molecule has 1 fully saturated rings. The van der Waals surface area contributed by atoms with E-state index in [1.165, 1.54) is 0 Å². The minimum absolute atomic E-state index is 0.0236. The van der Waals surface area contributed by atoms with Gasteiger partial charge in [-0.2, -0.15) is 0 Å². The predicted octanol–water partition coefficient (Wildman–Crippen LogP) is 2.73. The van der Waals surface area contributed by atoms with Gasteiger partial charge >= 0.3 is 0 Å². The number of hydrogen-bond acceptors (Lipinski definition) is 3. The molecule has 0 saturated carbocycles. The van der Waals surface area contributed by atoms with Gasteiger partial charge in [0.05, 0.1) is 12.2 Å². The molecule has 0 bridgehead atoms. The van der Waals surface area contributed by atoms with Gasteiger partial charge in [0.2, 0.25) is 0 Å². The Labute approximate surface area is 137 Å². The number of aromatic amines is 1. The van der Waals surface area contributed by atoms with Gasteiger partial charge in [-0.3, -0.25) is 9.59 Å². The van der Waals surface area contributed by atoms with E-state index in [0.29, 0.717) is 25.2 Å². The summed E-state index contributed by atoms with van der Waals surface area (Å²) >= 11 is 0. The molecular weight excluding hydrogens is 292 g/mol. The summed E-state index contributed by atoms with van der Waals surface area (Å²) in [6.45, 7) is 11.2. The lowest BCUT2D eigenvalue weighted by Gasteiger charge is -2.35. The minimum Gasteiger partial charge on any atom is -0.372 e. The SMILES string of the molecule is Cc1c(C(=O)N2C[C@@H](C)O[C@H](C)C2)[nH]c2c1C(=O)CC(C)(C)C2. The average Bonchev–Trinajstić information content (AvgIpc) is 2.72. The van der Waals surface area contributed by atoms with Gasteiger partial charge in [-0.05, 0) is 38.2 Å². The third-order valence-electron chi connectivity index (χ3n) is 4.82. The summed E-state index contributed by atoms with van der Waals surface area (Å²) in [5.74, 6) is 0.122. The van der Waals surface area contributed by atoms with Crippen LogP contribution in [0.2, 0.25) is 0 Å². The van der Waals surface area contributed by atoms with Crippen LogP contribution in [-0.2, 0) is 11.2 Å². The maximum atomic E-state index is 12.9. The number of H-pyrrole nitrogens is 1.